The number of methoxy groups -OCH3 is 2. The van der Waals surface area contributed by atoms with Crippen LogP contribution in [0.5, 0.6) is 11.5 Å². The van der Waals surface area contributed by atoms with E-state index in [9.17, 15) is 9.70 Å². The summed E-state index contributed by atoms with van der Waals surface area (Å²) in [6, 6.07) is 5.44. The number of nitrogens with one attached hydrogen (secondary N) is 2. The van der Waals surface area contributed by atoms with Gasteiger partial charge in [-0.05, 0) is 29.0 Å². The van der Waals surface area contributed by atoms with Gasteiger partial charge in [-0.15, -0.1) is 0 Å². The second-order valence-corrected chi connectivity index (χ2v) is 4.63. The molecule has 0 aliphatic carbocycles. The minimum absolute atomic E-state index is 0.0172. The number of hydrogen-bond acceptors (Lipinski definition) is 6. The van der Waals surface area contributed by atoms with Gasteiger partial charge in [0.2, 0.25) is 5.69 Å². The van der Waals surface area contributed by atoms with Crippen molar-refractivity contribution in [2.45, 2.75) is 13.0 Å². The lowest BCUT2D eigenvalue weighted by Crippen LogP contribution is -2.33. The first kappa shape index (κ1) is 16.6. The summed E-state index contributed by atoms with van der Waals surface area (Å²) in [7, 11) is 3.10. The van der Waals surface area contributed by atoms with Crippen LogP contribution in [0, 0.1) is 4.91 Å². The van der Waals surface area contributed by atoms with E-state index in [-0.39, 0.29) is 16.0 Å². The molecule has 1 amide bonds. The SMILES string of the molecule is COc1ccc(CCNC(=O)c2c(CO)[nH]o[n+]2=O)cc1OC. The van der Waals surface area contributed by atoms with Crippen LogP contribution in [0.2, 0.25) is 0 Å². The molecule has 0 saturated heterocycles. The monoisotopic (exact) mass is 324 g/mol. The lowest BCUT2D eigenvalue weighted by atomic mass is 10.1. The van der Waals surface area contributed by atoms with Gasteiger partial charge in [-0.25, -0.2) is 0 Å². The summed E-state index contributed by atoms with van der Waals surface area (Å²) in [6.45, 7) is -0.207. The van der Waals surface area contributed by atoms with E-state index in [2.05, 4.69) is 15.1 Å². The van der Waals surface area contributed by atoms with Gasteiger partial charge in [-0.2, -0.15) is 0 Å². The third-order valence-corrected chi connectivity index (χ3v) is 3.24. The third-order valence-electron chi connectivity index (χ3n) is 3.24. The Hall–Kier alpha value is -2.81. The minimum atomic E-state index is -0.630. The van der Waals surface area contributed by atoms with Crippen molar-refractivity contribution in [1.29, 1.82) is 0 Å². The molecular formula is C14H18N3O6+. The summed E-state index contributed by atoms with van der Waals surface area (Å²) in [5.74, 6) is 0.587. The molecule has 1 aromatic heterocycles. The van der Waals surface area contributed by atoms with Crippen molar-refractivity contribution in [3.05, 3.63) is 40.1 Å². The number of H-pyrrole nitrogens is 1. The predicted molar refractivity (Wildman–Crippen MR) is 77.9 cm³/mol. The summed E-state index contributed by atoms with van der Waals surface area (Å²) in [4.78, 5) is 23.3. The fourth-order valence-electron chi connectivity index (χ4n) is 2.07. The molecule has 0 atom stereocenters. The van der Waals surface area contributed by atoms with Crippen molar-refractivity contribution < 1.29 is 28.6 Å². The highest BCUT2D eigenvalue weighted by Crippen LogP contribution is 2.27. The number of nitrogens with zero attached hydrogens (tertiary/aromatic N) is 1. The molecule has 2 aromatic rings. The van der Waals surface area contributed by atoms with E-state index < -0.39 is 12.5 Å². The van der Waals surface area contributed by atoms with Crippen molar-refractivity contribution in [3.8, 4) is 11.5 Å². The number of aliphatic hydroxyl groups is 1. The molecule has 1 heterocycles. The van der Waals surface area contributed by atoms with Gasteiger partial charge in [0.1, 0.15) is 6.61 Å². The summed E-state index contributed by atoms with van der Waals surface area (Å²) in [6.07, 6.45) is 0.529. The van der Waals surface area contributed by atoms with Crippen LogP contribution < -0.4 is 19.4 Å². The van der Waals surface area contributed by atoms with Gasteiger partial charge in [0.05, 0.1) is 14.2 Å². The summed E-state index contributed by atoms with van der Waals surface area (Å²) >= 11 is 0. The highest BCUT2D eigenvalue weighted by Gasteiger charge is 2.26. The van der Waals surface area contributed by atoms with Crippen molar-refractivity contribution >= 4 is 5.91 Å². The fraction of sp³-hybridized carbons (Fsp3) is 0.357. The Morgan fingerprint density at radius 2 is 2.09 bits per heavy atom. The molecule has 1 aromatic carbocycles. The minimum Gasteiger partial charge on any atom is -0.493 e. The highest BCUT2D eigenvalue weighted by molar-refractivity contribution is 5.91. The molecule has 0 unspecified atom stereocenters. The third kappa shape index (κ3) is 3.69. The van der Waals surface area contributed by atoms with E-state index in [1.807, 2.05) is 12.1 Å². The maximum absolute atomic E-state index is 12.0. The number of hydrogen-bond donors (Lipinski definition) is 3. The molecule has 124 valence electrons. The van der Waals surface area contributed by atoms with Crippen molar-refractivity contribution in [2.24, 2.45) is 0 Å². The molecule has 9 nitrogen and oxygen atoms in total. The molecule has 0 aliphatic heterocycles. The Labute approximate surface area is 131 Å². The van der Waals surface area contributed by atoms with Crippen molar-refractivity contribution in [2.75, 3.05) is 20.8 Å². The normalized spacial score (nSPS) is 10.4. The number of aromatic amines is 1. The average Bonchev–Trinajstić information content (AvgIpc) is 2.95. The molecule has 3 N–H and O–H groups in total. The maximum Gasteiger partial charge on any atom is 0.334 e. The molecule has 0 fully saturated rings. The number of amides is 1. The fourth-order valence-corrected chi connectivity index (χ4v) is 2.07. The van der Waals surface area contributed by atoms with E-state index in [0.717, 1.165) is 5.56 Å². The average molecular weight is 324 g/mol. The van der Waals surface area contributed by atoms with E-state index in [1.165, 1.54) is 0 Å². The van der Waals surface area contributed by atoms with Crippen LogP contribution in [0.25, 0.3) is 0 Å². The second-order valence-electron chi connectivity index (χ2n) is 4.63. The number of carbonyl (C=O) groups excluding carboxylic acids is 1. The Morgan fingerprint density at radius 1 is 1.35 bits per heavy atom. The van der Waals surface area contributed by atoms with E-state index >= 15 is 0 Å². The van der Waals surface area contributed by atoms with Crippen LogP contribution in [0.4, 0.5) is 0 Å². The second kappa shape index (κ2) is 7.45. The largest absolute Gasteiger partial charge is 0.493 e. The molecule has 0 radical (unpaired) electrons. The quantitative estimate of drug-likeness (QED) is 0.660. The molecule has 0 aliphatic rings. The zero-order valence-corrected chi connectivity index (χ0v) is 12.8. The van der Waals surface area contributed by atoms with Crippen LogP contribution in [0.15, 0.2) is 22.8 Å². The first-order valence-electron chi connectivity index (χ1n) is 6.84. The maximum atomic E-state index is 12.0. The Bertz CT molecular complexity index is 736. The summed E-state index contributed by atoms with van der Waals surface area (Å²) < 4.78 is 14.8. The van der Waals surface area contributed by atoms with Gasteiger partial charge in [-0.1, -0.05) is 15.9 Å². The molecule has 0 saturated carbocycles. The summed E-state index contributed by atoms with van der Waals surface area (Å²) in [5, 5.41) is 13.8. The number of aromatic nitrogens is 2. The van der Waals surface area contributed by atoms with Gasteiger partial charge in [0.15, 0.2) is 16.1 Å². The number of carbonyl (C=O) groups is 1. The number of rotatable bonds is 7. The Kier molecular flexibility index (Phi) is 5.36. The first-order chi connectivity index (χ1) is 11.1. The van der Waals surface area contributed by atoms with Crippen LogP contribution in [-0.4, -0.2) is 36.9 Å². The molecular weight excluding hydrogens is 306 g/mol. The number of aliphatic hydroxyl groups excluding tert-OH is 1. The number of ether oxygens (including phenoxy) is 2. The molecule has 23 heavy (non-hydrogen) atoms. The van der Waals surface area contributed by atoms with Crippen molar-refractivity contribution in [1.82, 2.24) is 10.5 Å². The van der Waals surface area contributed by atoms with E-state index in [1.54, 1.807) is 20.3 Å². The topological polar surface area (TPSA) is 120 Å². The zero-order valence-electron chi connectivity index (χ0n) is 12.8. The van der Waals surface area contributed by atoms with Gasteiger partial charge in [-0.3, -0.25) is 4.79 Å². The lowest BCUT2D eigenvalue weighted by molar-refractivity contribution is -0.714. The number of benzene rings is 1. The van der Waals surface area contributed by atoms with Crippen LogP contribution in [0.1, 0.15) is 21.7 Å². The summed E-state index contributed by atoms with van der Waals surface area (Å²) in [5.41, 5.74) is 0.655. The molecule has 0 bridgehead atoms. The molecule has 9 heteroatoms. The van der Waals surface area contributed by atoms with Crippen LogP contribution in [-0.2, 0) is 13.0 Å². The van der Waals surface area contributed by atoms with Crippen molar-refractivity contribution in [3.63, 3.8) is 0 Å². The molecule has 0 spiro atoms. The van der Waals surface area contributed by atoms with Gasteiger partial charge >= 0.3 is 11.6 Å². The van der Waals surface area contributed by atoms with Crippen LogP contribution >= 0.6 is 0 Å². The lowest BCUT2D eigenvalue weighted by Gasteiger charge is -2.09. The highest BCUT2D eigenvalue weighted by atomic mass is 16.7. The predicted octanol–water partition coefficient (Wildman–Crippen LogP) is 0.00420. The molecule has 2 rings (SSSR count). The van der Waals surface area contributed by atoms with Crippen LogP contribution in [0.3, 0.4) is 0 Å². The van der Waals surface area contributed by atoms with E-state index in [4.69, 9.17) is 14.6 Å². The standard InChI is InChI=1S/C14H17N3O6/c1-21-11-4-3-9(7-12(11)22-2)5-6-15-14(19)13-10(8-18)16-23-17(13)20/h3-4,7,18H,5-6,8H2,1-2H3,(H-,15,16,19,20)/p+1. The Balaban J connectivity index is 1.98. The Morgan fingerprint density at radius 3 is 2.74 bits per heavy atom. The zero-order chi connectivity index (χ0) is 16.8. The van der Waals surface area contributed by atoms with Gasteiger partial charge < -0.3 is 19.9 Å². The first-order valence-corrected chi connectivity index (χ1v) is 6.84. The van der Waals surface area contributed by atoms with Gasteiger partial charge in [0, 0.05) is 6.54 Å². The smallest absolute Gasteiger partial charge is 0.334 e. The van der Waals surface area contributed by atoms with E-state index in [0.29, 0.717) is 24.5 Å². The van der Waals surface area contributed by atoms with Gasteiger partial charge in [0.25, 0.3) is 0 Å².